The van der Waals surface area contributed by atoms with Crippen molar-refractivity contribution in [2.45, 2.75) is 108 Å². The van der Waals surface area contributed by atoms with Crippen molar-refractivity contribution in [2.24, 2.45) is 11.6 Å². The minimum Gasteiger partial charge on any atom is -0.399 e. The van der Waals surface area contributed by atoms with Gasteiger partial charge in [0.1, 0.15) is 17.7 Å². The zero-order chi connectivity index (χ0) is 56.3. The maximum atomic E-state index is 14.1. The summed E-state index contributed by atoms with van der Waals surface area (Å²) in [6.45, 7) is 5.69. The Morgan fingerprint density at radius 1 is 0.787 bits per heavy atom. The Morgan fingerprint density at radius 2 is 1.50 bits per heavy atom. The first-order valence-corrected chi connectivity index (χ1v) is 28.1. The number of nitrogens with two attached hydrogens (primary N) is 2. The van der Waals surface area contributed by atoms with Crippen LogP contribution in [0.2, 0.25) is 0 Å². The summed E-state index contributed by atoms with van der Waals surface area (Å²) in [7, 11) is 2.12. The summed E-state index contributed by atoms with van der Waals surface area (Å²) in [5.41, 5.74) is 11.7. The molecule has 1 unspecified atom stereocenters. The number of hydrogen-bond acceptors (Lipinski definition) is 14. The normalized spacial score (nSPS) is 17.3. The standard InChI is InChI=1S/C59H73F2N13O6/c1-70-26-28-71(29-27-70)44-16-17-45(56(77)67-55-47-33-38(15-18-48(47)68-69-55)30-39-31-40(60)34-41(61)32-39)50(35-44)65-43-21-24-72(25-22-43)53(76)14-9-7-5-3-2-4-6-8-10-23-73(63)37-42(62)36-64-49-13-11-12-46-54(49)59(80)74(58(46)79)51-19-20-52(75)66-57(51)78/h11-13,15-18,31-35,37,43,51,64-65H,2-10,14,19-30,36,62-63H2,1H3,(H,66,75,78)(H2,67,68,69,77)/b42-37-. The van der Waals surface area contributed by atoms with Gasteiger partial charge >= 0.3 is 0 Å². The topological polar surface area (TPSA) is 247 Å². The van der Waals surface area contributed by atoms with Crippen molar-refractivity contribution in [3.8, 4) is 0 Å². The molecule has 9 N–H and O–H groups in total. The third-order valence-electron chi connectivity index (χ3n) is 15.6. The number of fused-ring (bicyclic) bond motifs is 2. The number of H-pyrrole nitrogens is 1. The van der Waals surface area contributed by atoms with Gasteiger partial charge in [0, 0.05) is 105 Å². The van der Waals surface area contributed by atoms with Crippen LogP contribution in [0.15, 0.2) is 84.7 Å². The number of hydrogen-bond donors (Lipinski definition) is 7. The largest absolute Gasteiger partial charge is 0.399 e. The molecule has 0 radical (unpaired) electrons. The Kier molecular flexibility index (Phi) is 18.7. The third-order valence-corrected chi connectivity index (χ3v) is 15.6. The van der Waals surface area contributed by atoms with Gasteiger partial charge in [-0.1, -0.05) is 57.1 Å². The summed E-state index contributed by atoms with van der Waals surface area (Å²) < 4.78 is 27.9. The predicted molar refractivity (Wildman–Crippen MR) is 304 cm³/mol. The molecule has 0 aliphatic carbocycles. The second-order valence-corrected chi connectivity index (χ2v) is 21.6. The number of likely N-dealkylation sites (N-methyl/N-ethyl adjacent to an activating group) is 1. The van der Waals surface area contributed by atoms with Gasteiger partial charge in [-0.25, -0.2) is 14.6 Å². The molecule has 4 aliphatic rings. The molecule has 4 aliphatic heterocycles. The highest BCUT2D eigenvalue weighted by Crippen LogP contribution is 2.34. The highest BCUT2D eigenvalue weighted by atomic mass is 19.1. The summed E-state index contributed by atoms with van der Waals surface area (Å²) in [5.74, 6) is 2.91. The van der Waals surface area contributed by atoms with E-state index in [1.165, 1.54) is 12.1 Å². The molecule has 6 amide bonds. The van der Waals surface area contributed by atoms with Gasteiger partial charge in [0.15, 0.2) is 5.82 Å². The monoisotopic (exact) mass is 1100 g/mol. The number of amides is 6. The van der Waals surface area contributed by atoms with Crippen LogP contribution in [0.1, 0.15) is 132 Å². The number of nitrogens with one attached hydrogen (secondary N) is 5. The second kappa shape index (κ2) is 26.4. The first kappa shape index (κ1) is 56.8. The molecule has 424 valence electrons. The Morgan fingerprint density at radius 3 is 2.23 bits per heavy atom. The van der Waals surface area contributed by atoms with Crippen molar-refractivity contribution in [2.75, 3.05) is 80.3 Å². The molecule has 3 saturated heterocycles. The van der Waals surface area contributed by atoms with Crippen LogP contribution in [0.5, 0.6) is 0 Å². The molecule has 19 nitrogen and oxygen atoms in total. The maximum absolute atomic E-state index is 14.1. The molecular weight excluding hydrogens is 1020 g/mol. The average Bonchev–Trinajstić information content (AvgIpc) is 4.03. The van der Waals surface area contributed by atoms with Crippen LogP contribution in [0, 0.1) is 11.6 Å². The Labute approximate surface area is 464 Å². The van der Waals surface area contributed by atoms with Gasteiger partial charge in [-0.2, -0.15) is 5.10 Å². The number of halogens is 2. The Bertz CT molecular complexity index is 3090. The number of rotatable bonds is 24. The van der Waals surface area contributed by atoms with E-state index in [4.69, 9.17) is 11.6 Å². The van der Waals surface area contributed by atoms with Crippen molar-refractivity contribution in [1.29, 1.82) is 0 Å². The van der Waals surface area contributed by atoms with Gasteiger partial charge in [-0.05, 0) is 111 Å². The van der Waals surface area contributed by atoms with Crippen LogP contribution in [0.3, 0.4) is 0 Å². The van der Waals surface area contributed by atoms with Crippen LogP contribution in [-0.4, -0.2) is 137 Å². The molecule has 5 heterocycles. The van der Waals surface area contributed by atoms with E-state index < -0.39 is 41.3 Å². The summed E-state index contributed by atoms with van der Waals surface area (Å²) in [6, 6.07) is 18.8. The zero-order valence-corrected chi connectivity index (χ0v) is 45.5. The number of hydrazine groups is 1. The lowest BCUT2D eigenvalue weighted by molar-refractivity contribution is -0.136. The first-order chi connectivity index (χ1) is 38.7. The Hall–Kier alpha value is -7.91. The maximum Gasteiger partial charge on any atom is 0.264 e. The minimum atomic E-state index is -1.05. The number of piperidine rings is 2. The van der Waals surface area contributed by atoms with Gasteiger partial charge in [-0.3, -0.25) is 44.1 Å². The summed E-state index contributed by atoms with van der Waals surface area (Å²) in [6.07, 6.45) is 13.4. The molecule has 0 saturated carbocycles. The number of unbranched alkanes of at least 4 members (excludes halogenated alkanes) is 8. The van der Waals surface area contributed by atoms with E-state index in [1.54, 1.807) is 29.4 Å². The molecule has 5 aromatic rings. The fourth-order valence-electron chi connectivity index (χ4n) is 11.1. The first-order valence-electron chi connectivity index (χ1n) is 28.1. The van der Waals surface area contributed by atoms with Crippen molar-refractivity contribution >= 4 is 69.2 Å². The molecular formula is C59H73F2N13O6. The summed E-state index contributed by atoms with van der Waals surface area (Å²) in [4.78, 5) is 85.7. The van der Waals surface area contributed by atoms with E-state index in [9.17, 15) is 37.5 Å². The number of aromatic amines is 1. The fourth-order valence-corrected chi connectivity index (χ4v) is 11.1. The summed E-state index contributed by atoms with van der Waals surface area (Å²) in [5, 5.41) is 21.7. The highest BCUT2D eigenvalue weighted by molar-refractivity contribution is 6.25. The molecule has 3 fully saturated rings. The molecule has 0 spiro atoms. The van der Waals surface area contributed by atoms with Crippen LogP contribution in [0.25, 0.3) is 10.9 Å². The zero-order valence-electron chi connectivity index (χ0n) is 45.5. The SMILES string of the molecule is CN1CCN(c2ccc(C(=O)Nc3n[nH]c4ccc(Cc5cc(F)cc(F)c5)cc34)c(NC3CCN(C(=O)CCCCCCCCCCCN(N)/C=C(\N)CNc4cccc5c4C(=O)N(C4CCC(=O)NC4=O)C5=O)CC3)c2)CC1. The van der Waals surface area contributed by atoms with E-state index in [1.807, 2.05) is 35.2 Å². The molecule has 80 heavy (non-hydrogen) atoms. The van der Waals surface area contributed by atoms with Crippen molar-refractivity contribution < 1.29 is 37.5 Å². The number of likely N-dealkylation sites (tertiary alicyclic amines) is 1. The van der Waals surface area contributed by atoms with Crippen LogP contribution in [-0.2, 0) is 20.8 Å². The molecule has 1 atom stereocenters. The molecule has 1 aromatic heterocycles. The molecule has 4 aromatic carbocycles. The van der Waals surface area contributed by atoms with Crippen molar-refractivity contribution in [3.63, 3.8) is 0 Å². The lowest BCUT2D eigenvalue weighted by Gasteiger charge is -2.35. The van der Waals surface area contributed by atoms with E-state index in [-0.39, 0.29) is 48.4 Å². The smallest absolute Gasteiger partial charge is 0.264 e. The van der Waals surface area contributed by atoms with Crippen LogP contribution in [0.4, 0.5) is 31.7 Å². The second-order valence-electron chi connectivity index (χ2n) is 21.6. The highest BCUT2D eigenvalue weighted by Gasteiger charge is 2.45. The number of aromatic nitrogens is 2. The third kappa shape index (κ3) is 14.3. The molecule has 0 bridgehead atoms. The van der Waals surface area contributed by atoms with Gasteiger partial charge in [0.2, 0.25) is 17.7 Å². The predicted octanol–water partition coefficient (Wildman–Crippen LogP) is 7.23. The summed E-state index contributed by atoms with van der Waals surface area (Å²) >= 11 is 0. The number of piperazine rings is 1. The van der Waals surface area contributed by atoms with Crippen molar-refractivity contribution in [3.05, 3.63) is 124 Å². The Balaban J connectivity index is 0.659. The van der Waals surface area contributed by atoms with Gasteiger partial charge < -0.3 is 41.4 Å². The van der Waals surface area contributed by atoms with E-state index in [0.717, 1.165) is 125 Å². The van der Waals surface area contributed by atoms with E-state index in [2.05, 4.69) is 54.4 Å². The van der Waals surface area contributed by atoms with Gasteiger partial charge in [0.25, 0.3) is 17.7 Å². The van der Waals surface area contributed by atoms with Crippen LogP contribution >= 0.6 is 0 Å². The van der Waals surface area contributed by atoms with Gasteiger partial charge in [-0.15, -0.1) is 0 Å². The van der Waals surface area contributed by atoms with Crippen molar-refractivity contribution in [1.82, 2.24) is 35.2 Å². The lowest BCUT2D eigenvalue weighted by atomic mass is 10.0. The number of benzene rings is 4. The molecule has 21 heteroatoms. The number of nitrogens with zero attached hydrogens (tertiary/aromatic N) is 6. The number of anilines is 4. The number of carbonyl (C=O) groups excluding carboxylic acids is 6. The fraction of sp³-hybridized carbons (Fsp3) is 0.441. The van der Waals surface area contributed by atoms with E-state index >= 15 is 0 Å². The van der Waals surface area contributed by atoms with E-state index in [0.29, 0.717) is 71.7 Å². The minimum absolute atomic E-state index is 0.0428. The number of imide groups is 2. The quantitative estimate of drug-likeness (QED) is 0.0140. The number of carbonyl (C=O) groups is 6. The van der Waals surface area contributed by atoms with Gasteiger partial charge in [0.05, 0.1) is 28.8 Å². The molecule has 9 rings (SSSR count). The lowest BCUT2D eigenvalue weighted by Crippen LogP contribution is -2.54. The average molecular weight is 1100 g/mol. The van der Waals surface area contributed by atoms with Crippen LogP contribution < -0.4 is 37.7 Å².